The number of fused-ring (bicyclic) bond motifs is 2. The standard InChI is InChI=1S/C21H22N4O3/c1-13(2)19-17-9-16(10-23-21(17)28-24-19)20(27)22-11-18(26)25-8-7-14-5-3-4-6-15(14)12-25/h3-6,9-10,13H,7-8,11-12H2,1-2H3,(H,22,27). The molecule has 0 radical (unpaired) electrons. The highest BCUT2D eigenvalue weighted by Gasteiger charge is 2.21. The molecular weight excluding hydrogens is 356 g/mol. The Morgan fingerprint density at radius 1 is 1.25 bits per heavy atom. The molecule has 0 atom stereocenters. The van der Waals surface area contributed by atoms with Gasteiger partial charge in [-0.2, -0.15) is 0 Å². The molecule has 2 aromatic heterocycles. The van der Waals surface area contributed by atoms with Crippen molar-refractivity contribution in [3.63, 3.8) is 0 Å². The Labute approximate surface area is 162 Å². The van der Waals surface area contributed by atoms with Crippen LogP contribution in [0.5, 0.6) is 0 Å². The number of nitrogens with one attached hydrogen (secondary N) is 1. The lowest BCUT2D eigenvalue weighted by molar-refractivity contribution is -0.131. The Kier molecular flexibility index (Phi) is 4.81. The molecule has 4 rings (SSSR count). The number of amides is 2. The summed E-state index contributed by atoms with van der Waals surface area (Å²) in [4.78, 5) is 31.0. The van der Waals surface area contributed by atoms with Gasteiger partial charge in [-0.15, -0.1) is 0 Å². The minimum absolute atomic E-state index is 0.0420. The lowest BCUT2D eigenvalue weighted by atomic mass is 10.00. The molecule has 28 heavy (non-hydrogen) atoms. The molecule has 3 aromatic rings. The van der Waals surface area contributed by atoms with Gasteiger partial charge in [0.05, 0.1) is 23.2 Å². The fraction of sp³-hybridized carbons (Fsp3) is 0.333. The maximum absolute atomic E-state index is 12.5. The third-order valence-electron chi connectivity index (χ3n) is 5.05. The van der Waals surface area contributed by atoms with Gasteiger partial charge in [0.25, 0.3) is 11.6 Å². The van der Waals surface area contributed by atoms with E-state index in [-0.39, 0.29) is 24.3 Å². The van der Waals surface area contributed by atoms with Gasteiger partial charge in [0.1, 0.15) is 0 Å². The van der Waals surface area contributed by atoms with Crippen LogP contribution in [0.25, 0.3) is 11.1 Å². The first-order valence-electron chi connectivity index (χ1n) is 9.41. The smallest absolute Gasteiger partial charge is 0.257 e. The van der Waals surface area contributed by atoms with E-state index in [1.165, 1.54) is 11.8 Å². The molecule has 0 fully saturated rings. The number of pyridine rings is 1. The second-order valence-electron chi connectivity index (χ2n) is 7.32. The van der Waals surface area contributed by atoms with E-state index in [1.807, 2.05) is 32.0 Å². The summed E-state index contributed by atoms with van der Waals surface area (Å²) in [5, 5.41) is 7.45. The molecule has 1 N–H and O–H groups in total. The Morgan fingerprint density at radius 3 is 2.82 bits per heavy atom. The number of hydrogen-bond donors (Lipinski definition) is 1. The van der Waals surface area contributed by atoms with Gasteiger partial charge in [0, 0.05) is 19.3 Å². The predicted molar refractivity (Wildman–Crippen MR) is 104 cm³/mol. The molecule has 144 valence electrons. The van der Waals surface area contributed by atoms with E-state index in [4.69, 9.17) is 4.52 Å². The molecule has 7 heteroatoms. The Hall–Kier alpha value is -3.22. The molecule has 7 nitrogen and oxygen atoms in total. The van der Waals surface area contributed by atoms with E-state index in [1.54, 1.807) is 11.0 Å². The molecule has 0 bridgehead atoms. The summed E-state index contributed by atoms with van der Waals surface area (Å²) >= 11 is 0. The van der Waals surface area contributed by atoms with Crippen LogP contribution in [0, 0.1) is 0 Å². The second-order valence-corrected chi connectivity index (χ2v) is 7.32. The fourth-order valence-corrected chi connectivity index (χ4v) is 3.47. The number of benzene rings is 1. The molecule has 2 amide bonds. The normalized spacial score (nSPS) is 13.6. The minimum Gasteiger partial charge on any atom is -0.343 e. The van der Waals surface area contributed by atoms with Crippen LogP contribution in [0.1, 0.15) is 46.9 Å². The number of carbonyl (C=O) groups is 2. The lowest BCUT2D eigenvalue weighted by Crippen LogP contribution is -2.42. The zero-order valence-corrected chi connectivity index (χ0v) is 15.9. The summed E-state index contributed by atoms with van der Waals surface area (Å²) in [5.41, 5.74) is 4.00. The van der Waals surface area contributed by atoms with Gasteiger partial charge < -0.3 is 14.7 Å². The molecule has 0 unspecified atom stereocenters. The van der Waals surface area contributed by atoms with Crippen molar-refractivity contribution in [2.45, 2.75) is 32.7 Å². The third kappa shape index (κ3) is 3.47. The fourth-order valence-electron chi connectivity index (χ4n) is 3.47. The molecule has 1 aliphatic rings. The van der Waals surface area contributed by atoms with Crippen molar-refractivity contribution < 1.29 is 14.1 Å². The van der Waals surface area contributed by atoms with Crippen LogP contribution < -0.4 is 5.32 Å². The van der Waals surface area contributed by atoms with Crippen molar-refractivity contribution in [3.05, 3.63) is 58.9 Å². The quantitative estimate of drug-likeness (QED) is 0.754. The summed E-state index contributed by atoms with van der Waals surface area (Å²) in [6.07, 6.45) is 2.27. The van der Waals surface area contributed by atoms with Gasteiger partial charge in [-0.1, -0.05) is 43.3 Å². The number of carbonyl (C=O) groups excluding carboxylic acids is 2. The first-order chi connectivity index (χ1) is 13.5. The van der Waals surface area contributed by atoms with E-state index in [0.29, 0.717) is 24.4 Å². The molecular formula is C21H22N4O3. The van der Waals surface area contributed by atoms with Gasteiger partial charge in [0.2, 0.25) is 5.91 Å². The first-order valence-corrected chi connectivity index (χ1v) is 9.41. The summed E-state index contributed by atoms with van der Waals surface area (Å²) in [6, 6.07) is 9.85. The summed E-state index contributed by atoms with van der Waals surface area (Å²) in [5.74, 6) is -0.272. The van der Waals surface area contributed by atoms with Crippen LogP contribution in [0.2, 0.25) is 0 Å². The molecule has 1 aliphatic heterocycles. The third-order valence-corrected chi connectivity index (χ3v) is 5.05. The van der Waals surface area contributed by atoms with Crippen LogP contribution in [-0.2, 0) is 17.8 Å². The first kappa shape index (κ1) is 18.2. The lowest BCUT2D eigenvalue weighted by Gasteiger charge is -2.29. The molecule has 0 saturated carbocycles. The maximum atomic E-state index is 12.5. The van der Waals surface area contributed by atoms with E-state index < -0.39 is 0 Å². The molecule has 0 aliphatic carbocycles. The van der Waals surface area contributed by atoms with Crippen LogP contribution >= 0.6 is 0 Å². The largest absolute Gasteiger partial charge is 0.343 e. The number of hydrogen-bond acceptors (Lipinski definition) is 5. The summed E-state index contributed by atoms with van der Waals surface area (Å²) in [6.45, 7) is 5.20. The number of rotatable bonds is 4. The molecule has 0 saturated heterocycles. The van der Waals surface area contributed by atoms with Crippen molar-refractivity contribution >= 4 is 22.9 Å². The van der Waals surface area contributed by atoms with Crippen LogP contribution in [0.15, 0.2) is 41.1 Å². The van der Waals surface area contributed by atoms with Gasteiger partial charge >= 0.3 is 0 Å². The Morgan fingerprint density at radius 2 is 2.04 bits per heavy atom. The topological polar surface area (TPSA) is 88.3 Å². The van der Waals surface area contributed by atoms with Crippen molar-refractivity contribution in [1.82, 2.24) is 20.4 Å². The van der Waals surface area contributed by atoms with Crippen molar-refractivity contribution in [1.29, 1.82) is 0 Å². The zero-order valence-electron chi connectivity index (χ0n) is 15.9. The minimum atomic E-state index is -0.337. The van der Waals surface area contributed by atoms with Gasteiger partial charge in [-0.25, -0.2) is 4.98 Å². The van der Waals surface area contributed by atoms with Gasteiger partial charge in [-0.3, -0.25) is 9.59 Å². The summed E-state index contributed by atoms with van der Waals surface area (Å²) < 4.78 is 5.20. The van der Waals surface area contributed by atoms with E-state index >= 15 is 0 Å². The summed E-state index contributed by atoms with van der Waals surface area (Å²) in [7, 11) is 0. The SMILES string of the molecule is CC(C)c1noc2ncc(C(=O)NCC(=O)N3CCc4ccccc4C3)cc12. The van der Waals surface area contributed by atoms with Crippen LogP contribution in [0.4, 0.5) is 0 Å². The van der Waals surface area contributed by atoms with Gasteiger partial charge in [-0.05, 0) is 29.5 Å². The van der Waals surface area contributed by atoms with E-state index in [2.05, 4.69) is 21.5 Å². The monoisotopic (exact) mass is 378 g/mol. The zero-order chi connectivity index (χ0) is 19.7. The number of aromatic nitrogens is 2. The maximum Gasteiger partial charge on any atom is 0.257 e. The van der Waals surface area contributed by atoms with Crippen LogP contribution in [-0.4, -0.2) is 39.9 Å². The highest BCUT2D eigenvalue weighted by molar-refractivity contribution is 5.98. The average Bonchev–Trinajstić information content (AvgIpc) is 3.15. The molecule has 0 spiro atoms. The van der Waals surface area contributed by atoms with E-state index in [0.717, 1.165) is 23.1 Å². The average molecular weight is 378 g/mol. The molecule has 3 heterocycles. The molecule has 1 aromatic carbocycles. The van der Waals surface area contributed by atoms with Crippen molar-refractivity contribution in [2.24, 2.45) is 0 Å². The predicted octanol–water partition coefficient (Wildman–Crippen LogP) is 2.66. The Bertz CT molecular complexity index is 1040. The van der Waals surface area contributed by atoms with Crippen molar-refractivity contribution in [2.75, 3.05) is 13.1 Å². The highest BCUT2D eigenvalue weighted by atomic mass is 16.5. The van der Waals surface area contributed by atoms with Crippen molar-refractivity contribution in [3.8, 4) is 0 Å². The van der Waals surface area contributed by atoms with Crippen LogP contribution in [0.3, 0.4) is 0 Å². The second kappa shape index (κ2) is 7.42. The van der Waals surface area contributed by atoms with E-state index in [9.17, 15) is 9.59 Å². The van der Waals surface area contributed by atoms with Gasteiger partial charge in [0.15, 0.2) is 0 Å². The Balaban J connectivity index is 1.41. The number of nitrogens with zero attached hydrogens (tertiary/aromatic N) is 3. The highest BCUT2D eigenvalue weighted by Crippen LogP contribution is 2.24.